The van der Waals surface area contributed by atoms with Gasteiger partial charge in [-0.25, -0.2) is 0 Å². The number of nitrogens with two attached hydrogens (primary N) is 1. The van der Waals surface area contributed by atoms with Gasteiger partial charge in [-0.15, -0.1) is 5.10 Å². The van der Waals surface area contributed by atoms with E-state index in [1.165, 1.54) is 0 Å². The van der Waals surface area contributed by atoms with Gasteiger partial charge in [0.2, 0.25) is 0 Å². The van der Waals surface area contributed by atoms with Gasteiger partial charge in [-0.1, -0.05) is 59.3 Å². The van der Waals surface area contributed by atoms with Crippen LogP contribution >= 0.6 is 11.6 Å². The molecule has 3 rings (SSSR count). The summed E-state index contributed by atoms with van der Waals surface area (Å²) >= 11 is 5.98. The second-order valence-corrected chi connectivity index (χ2v) is 5.96. The molecule has 0 radical (unpaired) electrons. The zero-order valence-corrected chi connectivity index (χ0v) is 14.2. The number of carbonyl (C=O) groups is 1. The Bertz CT molecular complexity index is 832. The van der Waals surface area contributed by atoms with Crippen molar-refractivity contribution in [1.82, 2.24) is 20.3 Å². The molecule has 3 aromatic rings. The van der Waals surface area contributed by atoms with Crippen molar-refractivity contribution in [3.05, 3.63) is 82.6 Å². The highest BCUT2D eigenvalue weighted by atomic mass is 35.5. The molecular formula is C18H18ClN5O. The number of halogens is 1. The van der Waals surface area contributed by atoms with E-state index in [9.17, 15) is 4.79 Å². The van der Waals surface area contributed by atoms with Crippen molar-refractivity contribution in [3.8, 4) is 0 Å². The molecule has 0 bridgehead atoms. The topological polar surface area (TPSA) is 85.8 Å². The highest BCUT2D eigenvalue weighted by Crippen LogP contribution is 2.23. The summed E-state index contributed by atoms with van der Waals surface area (Å²) in [6.45, 7) is 0.946. The number of nitrogens with one attached hydrogen (secondary N) is 1. The van der Waals surface area contributed by atoms with Crippen molar-refractivity contribution in [1.29, 1.82) is 0 Å². The van der Waals surface area contributed by atoms with E-state index >= 15 is 0 Å². The van der Waals surface area contributed by atoms with Crippen LogP contribution in [-0.2, 0) is 6.54 Å². The van der Waals surface area contributed by atoms with Crippen molar-refractivity contribution in [3.63, 3.8) is 0 Å². The first-order valence-corrected chi connectivity index (χ1v) is 8.26. The first-order chi connectivity index (χ1) is 12.2. The van der Waals surface area contributed by atoms with Crippen LogP contribution in [-0.4, -0.2) is 27.4 Å². The molecule has 3 N–H and O–H groups in total. The third-order valence-corrected chi connectivity index (χ3v) is 3.99. The number of aromatic nitrogens is 3. The van der Waals surface area contributed by atoms with Crippen molar-refractivity contribution in [2.24, 2.45) is 5.73 Å². The molecule has 6 nitrogen and oxygen atoms in total. The lowest BCUT2D eigenvalue weighted by Gasteiger charge is -2.19. The normalized spacial score (nSPS) is 11.9. The number of nitrogens with zero attached hydrogens (tertiary/aromatic N) is 3. The smallest absolute Gasteiger partial charge is 0.274 e. The van der Waals surface area contributed by atoms with Gasteiger partial charge in [0, 0.05) is 11.6 Å². The summed E-state index contributed by atoms with van der Waals surface area (Å²) in [6, 6.07) is 16.8. The molecule has 7 heteroatoms. The molecular weight excluding hydrogens is 338 g/mol. The van der Waals surface area contributed by atoms with Gasteiger partial charge in [-0.2, -0.15) is 0 Å². The Morgan fingerprint density at radius 2 is 1.80 bits per heavy atom. The summed E-state index contributed by atoms with van der Waals surface area (Å²) in [5.41, 5.74) is 7.64. The minimum Gasteiger partial charge on any atom is -0.340 e. The van der Waals surface area contributed by atoms with Crippen molar-refractivity contribution < 1.29 is 4.79 Å². The van der Waals surface area contributed by atoms with Crippen LogP contribution in [0.15, 0.2) is 60.8 Å². The van der Waals surface area contributed by atoms with Crippen LogP contribution in [0.4, 0.5) is 0 Å². The molecule has 0 unspecified atom stereocenters. The Morgan fingerprint density at radius 1 is 1.12 bits per heavy atom. The minimum absolute atomic E-state index is 0.253. The number of hydrogen-bond donors (Lipinski definition) is 2. The van der Waals surface area contributed by atoms with Crippen LogP contribution < -0.4 is 11.1 Å². The molecule has 1 heterocycles. The molecule has 0 saturated heterocycles. The molecule has 1 aromatic heterocycles. The fourth-order valence-corrected chi connectivity index (χ4v) is 2.63. The van der Waals surface area contributed by atoms with E-state index in [4.69, 9.17) is 17.3 Å². The van der Waals surface area contributed by atoms with Crippen molar-refractivity contribution in [2.45, 2.75) is 12.6 Å². The first kappa shape index (κ1) is 17.1. The number of hydrogen-bond acceptors (Lipinski definition) is 4. The number of amides is 1. The molecule has 1 atom stereocenters. The van der Waals surface area contributed by atoms with E-state index in [1.54, 1.807) is 23.0 Å². The summed E-state index contributed by atoms with van der Waals surface area (Å²) in [5.74, 6) is -0.299. The predicted octanol–water partition coefficient (Wildman–Crippen LogP) is 2.41. The highest BCUT2D eigenvalue weighted by molar-refractivity contribution is 6.30. The van der Waals surface area contributed by atoms with Crippen molar-refractivity contribution >= 4 is 17.5 Å². The Balaban J connectivity index is 1.86. The summed E-state index contributed by atoms with van der Waals surface area (Å²) < 4.78 is 1.55. The Kier molecular flexibility index (Phi) is 5.42. The third kappa shape index (κ3) is 4.23. The highest BCUT2D eigenvalue weighted by Gasteiger charge is 2.19. The predicted molar refractivity (Wildman–Crippen MR) is 96.3 cm³/mol. The van der Waals surface area contributed by atoms with Gasteiger partial charge in [-0.05, 0) is 23.3 Å². The van der Waals surface area contributed by atoms with Gasteiger partial charge in [-0.3, -0.25) is 9.48 Å². The second-order valence-electron chi connectivity index (χ2n) is 5.52. The van der Waals surface area contributed by atoms with Crippen LogP contribution in [0.5, 0.6) is 0 Å². The van der Waals surface area contributed by atoms with Gasteiger partial charge in [0.05, 0.1) is 18.8 Å². The maximum absolute atomic E-state index is 12.6. The SMILES string of the molecule is NCCn1cc(C(=O)N[C@@H](c2ccccc2)c2ccc(Cl)cc2)nn1. The zero-order valence-electron chi connectivity index (χ0n) is 13.5. The Hall–Kier alpha value is -2.70. The van der Waals surface area contributed by atoms with E-state index in [2.05, 4.69) is 15.6 Å². The molecule has 0 fully saturated rings. The maximum atomic E-state index is 12.6. The van der Waals surface area contributed by atoms with Gasteiger partial charge in [0.25, 0.3) is 5.91 Å². The van der Waals surface area contributed by atoms with Gasteiger partial charge >= 0.3 is 0 Å². The Morgan fingerprint density at radius 3 is 2.48 bits per heavy atom. The van der Waals surface area contributed by atoms with Gasteiger partial charge < -0.3 is 11.1 Å². The number of benzene rings is 2. The summed E-state index contributed by atoms with van der Waals surface area (Å²) in [4.78, 5) is 12.6. The largest absolute Gasteiger partial charge is 0.340 e. The van der Waals surface area contributed by atoms with Crippen LogP contribution in [0.3, 0.4) is 0 Å². The first-order valence-electron chi connectivity index (χ1n) is 7.89. The van der Waals surface area contributed by atoms with Crippen LogP contribution in [0.1, 0.15) is 27.7 Å². The van der Waals surface area contributed by atoms with Crippen molar-refractivity contribution in [2.75, 3.05) is 6.54 Å². The van der Waals surface area contributed by atoms with E-state index in [1.807, 2.05) is 42.5 Å². The lowest BCUT2D eigenvalue weighted by atomic mass is 9.98. The number of carbonyl (C=O) groups excluding carboxylic acids is 1. The standard InChI is InChI=1S/C18H18ClN5O/c19-15-8-6-14(7-9-15)17(13-4-2-1-3-5-13)21-18(25)16-12-24(11-10-20)23-22-16/h1-9,12,17H,10-11,20H2,(H,21,25)/t17-/m0/s1. The average Bonchev–Trinajstić information content (AvgIpc) is 3.10. The van der Waals surface area contributed by atoms with E-state index in [-0.39, 0.29) is 17.6 Å². The minimum atomic E-state index is -0.314. The summed E-state index contributed by atoms with van der Waals surface area (Å²) in [5, 5.41) is 11.5. The second kappa shape index (κ2) is 7.92. The lowest BCUT2D eigenvalue weighted by molar-refractivity contribution is 0.0938. The molecule has 0 aliphatic heterocycles. The molecule has 25 heavy (non-hydrogen) atoms. The quantitative estimate of drug-likeness (QED) is 0.711. The fourth-order valence-electron chi connectivity index (χ4n) is 2.51. The average molecular weight is 356 g/mol. The fraction of sp³-hybridized carbons (Fsp3) is 0.167. The van der Waals surface area contributed by atoms with Crippen LogP contribution in [0.2, 0.25) is 5.02 Å². The van der Waals surface area contributed by atoms with Gasteiger partial charge in [0.15, 0.2) is 5.69 Å². The van der Waals surface area contributed by atoms with Crippen LogP contribution in [0, 0.1) is 0 Å². The number of rotatable bonds is 6. The van der Waals surface area contributed by atoms with E-state index < -0.39 is 0 Å². The molecule has 2 aromatic carbocycles. The molecule has 0 spiro atoms. The summed E-state index contributed by atoms with van der Waals surface area (Å²) in [6.07, 6.45) is 1.59. The Labute approximate surface area is 150 Å². The molecule has 0 aliphatic rings. The zero-order chi connectivity index (χ0) is 17.6. The third-order valence-electron chi connectivity index (χ3n) is 3.74. The molecule has 0 saturated carbocycles. The van der Waals surface area contributed by atoms with Gasteiger partial charge in [0.1, 0.15) is 0 Å². The summed E-state index contributed by atoms with van der Waals surface area (Å²) in [7, 11) is 0. The van der Waals surface area contributed by atoms with E-state index in [0.29, 0.717) is 18.1 Å². The monoisotopic (exact) mass is 355 g/mol. The molecule has 0 aliphatic carbocycles. The van der Waals surface area contributed by atoms with Crippen LogP contribution in [0.25, 0.3) is 0 Å². The molecule has 1 amide bonds. The maximum Gasteiger partial charge on any atom is 0.274 e. The molecule has 128 valence electrons. The van der Waals surface area contributed by atoms with E-state index in [0.717, 1.165) is 11.1 Å². The lowest BCUT2D eigenvalue weighted by Crippen LogP contribution is -2.29.